The number of piperidine rings is 1. The van der Waals surface area contributed by atoms with E-state index in [2.05, 4.69) is 10.2 Å². The number of carboxylic acids is 1. The zero-order valence-corrected chi connectivity index (χ0v) is 24.1. The van der Waals surface area contributed by atoms with Crippen LogP contribution in [0.5, 0.6) is 5.75 Å². The molecule has 7 nitrogen and oxygen atoms in total. The Morgan fingerprint density at radius 1 is 1.00 bits per heavy atom. The zero-order chi connectivity index (χ0) is 28.7. The van der Waals surface area contributed by atoms with Gasteiger partial charge in [-0.1, -0.05) is 61.2 Å². The predicted molar refractivity (Wildman–Crippen MR) is 159 cm³/mol. The van der Waals surface area contributed by atoms with Gasteiger partial charge in [0, 0.05) is 24.7 Å². The molecule has 218 valence electrons. The molecular formula is C34H42N2O5. The largest absolute Gasteiger partial charge is 0.493 e. The van der Waals surface area contributed by atoms with E-state index in [1.807, 2.05) is 43.3 Å². The van der Waals surface area contributed by atoms with Gasteiger partial charge >= 0.3 is 5.97 Å². The summed E-state index contributed by atoms with van der Waals surface area (Å²) in [5, 5.41) is 12.7. The normalized spacial score (nSPS) is 17.7. The quantitative estimate of drug-likeness (QED) is 0.264. The number of aryl methyl sites for hydroxylation is 1. The van der Waals surface area contributed by atoms with E-state index in [-0.39, 0.29) is 22.9 Å². The number of carboxylic acid groups (broad SMARTS) is 1. The van der Waals surface area contributed by atoms with Crippen molar-refractivity contribution in [2.45, 2.75) is 70.8 Å². The molecule has 0 unspecified atom stereocenters. The van der Waals surface area contributed by atoms with Crippen molar-refractivity contribution in [1.29, 1.82) is 0 Å². The van der Waals surface area contributed by atoms with E-state index in [0.717, 1.165) is 56.4 Å². The van der Waals surface area contributed by atoms with Gasteiger partial charge in [-0.05, 0) is 81.2 Å². The second-order valence-corrected chi connectivity index (χ2v) is 11.8. The number of benzene rings is 2. The molecule has 1 saturated carbocycles. The van der Waals surface area contributed by atoms with Crippen molar-refractivity contribution in [2.24, 2.45) is 5.41 Å². The Morgan fingerprint density at radius 2 is 1.73 bits per heavy atom. The number of aromatic carboxylic acids is 1. The molecule has 0 spiro atoms. The predicted octanol–water partition coefficient (Wildman–Crippen LogP) is 6.96. The Morgan fingerprint density at radius 3 is 2.46 bits per heavy atom. The third-order valence-corrected chi connectivity index (χ3v) is 9.04. The van der Waals surface area contributed by atoms with E-state index >= 15 is 0 Å². The summed E-state index contributed by atoms with van der Waals surface area (Å²) < 4.78 is 11.6. The van der Waals surface area contributed by atoms with Gasteiger partial charge in [0.15, 0.2) is 5.76 Å². The van der Waals surface area contributed by atoms with Crippen LogP contribution in [0.15, 0.2) is 65.3 Å². The summed E-state index contributed by atoms with van der Waals surface area (Å²) in [5.74, 6) is -0.266. The molecule has 7 heteroatoms. The Balaban J connectivity index is 1.10. The zero-order valence-electron chi connectivity index (χ0n) is 24.1. The van der Waals surface area contributed by atoms with E-state index < -0.39 is 5.97 Å². The monoisotopic (exact) mass is 558 g/mol. The fourth-order valence-electron chi connectivity index (χ4n) is 6.47. The van der Waals surface area contributed by atoms with Crippen LogP contribution in [0.4, 0.5) is 0 Å². The van der Waals surface area contributed by atoms with Crippen LogP contribution in [0.3, 0.4) is 0 Å². The van der Waals surface area contributed by atoms with Gasteiger partial charge in [-0.2, -0.15) is 0 Å². The first-order valence-corrected chi connectivity index (χ1v) is 15.1. The van der Waals surface area contributed by atoms with Crippen LogP contribution in [0.25, 0.3) is 11.1 Å². The summed E-state index contributed by atoms with van der Waals surface area (Å²) in [7, 11) is 0. The van der Waals surface area contributed by atoms with Gasteiger partial charge in [0.1, 0.15) is 11.3 Å². The minimum Gasteiger partial charge on any atom is -0.493 e. The summed E-state index contributed by atoms with van der Waals surface area (Å²) in [6, 6.07) is 17.0. The van der Waals surface area contributed by atoms with Crippen LogP contribution in [-0.2, 0) is 0 Å². The molecule has 0 bridgehead atoms. The standard InChI is InChI=1S/C34H42N2O5/c1-25-9-11-26(12-10-25)28-15-23-41-31(28)32(37)35-27-13-20-36(21-14-27)22-18-34(16-5-2-6-17-34)19-24-40-30-8-4-3-7-29(30)33(38)39/h3-4,7-12,15,23,27H,2,5-6,13-14,16-22,24H2,1H3,(H,35,37)(H,38,39). The fraction of sp³-hybridized carbons (Fsp3) is 0.471. The van der Waals surface area contributed by atoms with Crippen LogP contribution in [0.2, 0.25) is 0 Å². The number of hydrogen-bond acceptors (Lipinski definition) is 5. The highest BCUT2D eigenvalue weighted by molar-refractivity contribution is 5.98. The van der Waals surface area contributed by atoms with Crippen LogP contribution in [-0.4, -0.2) is 54.2 Å². The number of rotatable bonds is 11. The SMILES string of the molecule is Cc1ccc(-c2ccoc2C(=O)NC2CCN(CCC3(CCOc4ccccc4C(=O)O)CCCCC3)CC2)cc1. The maximum atomic E-state index is 13.1. The Hall–Kier alpha value is -3.58. The van der Waals surface area contributed by atoms with Crippen LogP contribution >= 0.6 is 0 Å². The van der Waals surface area contributed by atoms with E-state index in [1.165, 1.54) is 37.7 Å². The van der Waals surface area contributed by atoms with Crippen molar-refractivity contribution in [3.05, 3.63) is 77.7 Å². The maximum Gasteiger partial charge on any atom is 0.339 e. The molecule has 2 fully saturated rings. The van der Waals surface area contributed by atoms with Gasteiger partial charge in [-0.15, -0.1) is 0 Å². The molecule has 2 aliphatic rings. The summed E-state index contributed by atoms with van der Waals surface area (Å²) in [6.07, 6.45) is 11.7. The minimum atomic E-state index is -0.955. The molecule has 0 radical (unpaired) electrons. The Bertz CT molecular complexity index is 1300. The van der Waals surface area contributed by atoms with Crippen LogP contribution in [0, 0.1) is 12.3 Å². The molecule has 0 atom stereocenters. The Kier molecular flexibility index (Phi) is 9.45. The van der Waals surface area contributed by atoms with Crippen molar-refractivity contribution in [3.63, 3.8) is 0 Å². The Labute approximate surface area is 242 Å². The summed E-state index contributed by atoms with van der Waals surface area (Å²) in [6.45, 7) is 5.56. The van der Waals surface area contributed by atoms with Gasteiger partial charge in [0.2, 0.25) is 0 Å². The minimum absolute atomic E-state index is 0.140. The topological polar surface area (TPSA) is 92.0 Å². The van der Waals surface area contributed by atoms with Crippen molar-refractivity contribution in [3.8, 4) is 16.9 Å². The third-order valence-electron chi connectivity index (χ3n) is 9.04. The number of nitrogens with zero attached hydrogens (tertiary/aromatic N) is 1. The lowest BCUT2D eigenvalue weighted by Gasteiger charge is -2.40. The second-order valence-electron chi connectivity index (χ2n) is 11.8. The third kappa shape index (κ3) is 7.39. The van der Waals surface area contributed by atoms with Crippen molar-refractivity contribution < 1.29 is 23.8 Å². The second kappa shape index (κ2) is 13.4. The lowest BCUT2D eigenvalue weighted by atomic mass is 9.69. The molecule has 1 aromatic heterocycles. The molecule has 1 amide bonds. The number of hydrogen-bond donors (Lipinski definition) is 2. The number of amides is 1. The van der Waals surface area contributed by atoms with Crippen molar-refractivity contribution >= 4 is 11.9 Å². The fourth-order valence-corrected chi connectivity index (χ4v) is 6.47. The average Bonchev–Trinajstić information content (AvgIpc) is 3.48. The van der Waals surface area contributed by atoms with E-state index in [4.69, 9.17) is 9.15 Å². The van der Waals surface area contributed by atoms with E-state index in [0.29, 0.717) is 18.1 Å². The van der Waals surface area contributed by atoms with Gasteiger partial charge in [0.05, 0.1) is 12.9 Å². The van der Waals surface area contributed by atoms with E-state index in [1.54, 1.807) is 24.5 Å². The van der Waals surface area contributed by atoms with Gasteiger partial charge in [0.25, 0.3) is 5.91 Å². The summed E-state index contributed by atoms with van der Waals surface area (Å²) >= 11 is 0. The molecule has 41 heavy (non-hydrogen) atoms. The van der Waals surface area contributed by atoms with Crippen molar-refractivity contribution in [2.75, 3.05) is 26.2 Å². The molecule has 5 rings (SSSR count). The summed E-state index contributed by atoms with van der Waals surface area (Å²) in [4.78, 5) is 27.2. The highest BCUT2D eigenvalue weighted by Crippen LogP contribution is 2.42. The molecule has 1 saturated heterocycles. The average molecular weight is 559 g/mol. The molecule has 2 N–H and O–H groups in total. The smallest absolute Gasteiger partial charge is 0.339 e. The van der Waals surface area contributed by atoms with Gasteiger partial charge < -0.3 is 24.5 Å². The lowest BCUT2D eigenvalue weighted by Crippen LogP contribution is -2.45. The number of carbonyl (C=O) groups excluding carboxylic acids is 1. The highest BCUT2D eigenvalue weighted by atomic mass is 16.5. The number of likely N-dealkylation sites (tertiary alicyclic amines) is 1. The first kappa shape index (κ1) is 28.9. The van der Waals surface area contributed by atoms with Crippen molar-refractivity contribution in [1.82, 2.24) is 10.2 Å². The number of furan rings is 1. The van der Waals surface area contributed by atoms with Crippen LogP contribution in [0.1, 0.15) is 84.3 Å². The van der Waals surface area contributed by atoms with Crippen LogP contribution < -0.4 is 10.1 Å². The highest BCUT2D eigenvalue weighted by Gasteiger charge is 2.33. The lowest BCUT2D eigenvalue weighted by molar-refractivity contribution is 0.0688. The first-order chi connectivity index (χ1) is 19.9. The molecule has 2 aromatic carbocycles. The molecule has 2 heterocycles. The molecule has 1 aliphatic carbocycles. The number of carbonyl (C=O) groups is 2. The maximum absolute atomic E-state index is 13.1. The number of para-hydroxylation sites is 1. The van der Waals surface area contributed by atoms with Gasteiger partial charge in [-0.3, -0.25) is 4.79 Å². The molecule has 3 aromatic rings. The number of nitrogens with one attached hydrogen (secondary N) is 1. The molecular weight excluding hydrogens is 516 g/mol. The summed E-state index contributed by atoms with van der Waals surface area (Å²) in [5.41, 5.74) is 3.45. The number of ether oxygens (including phenoxy) is 1. The van der Waals surface area contributed by atoms with Gasteiger partial charge in [-0.25, -0.2) is 4.79 Å². The molecule has 1 aliphatic heterocycles. The first-order valence-electron chi connectivity index (χ1n) is 15.1. The van der Waals surface area contributed by atoms with E-state index in [9.17, 15) is 14.7 Å².